The van der Waals surface area contributed by atoms with Crippen LogP contribution < -0.4 is 0 Å². The van der Waals surface area contributed by atoms with Crippen molar-refractivity contribution in [2.24, 2.45) is 0 Å². The number of ether oxygens (including phenoxy) is 1. The summed E-state index contributed by atoms with van der Waals surface area (Å²) in [5, 5.41) is 1.88. The number of imide groups is 1. The standard InChI is InChI=1S/C23H17N3O4S/c27-20(30-11-10-25-21(28)17-8-4-5-9-18(17)22(25)29)12-16-14-31-23-24-19(13-26(16)23)15-6-2-1-3-7-15/h1-9,13-14H,10-12H2. The molecule has 2 amide bonds. The quantitative estimate of drug-likeness (QED) is 0.345. The van der Waals surface area contributed by atoms with Crippen LogP contribution in [0.5, 0.6) is 0 Å². The molecule has 2 aromatic carbocycles. The highest BCUT2D eigenvalue weighted by Crippen LogP contribution is 2.24. The lowest BCUT2D eigenvalue weighted by atomic mass is 10.1. The van der Waals surface area contributed by atoms with Gasteiger partial charge in [-0.3, -0.25) is 23.7 Å². The molecule has 2 aromatic heterocycles. The molecule has 0 aliphatic carbocycles. The van der Waals surface area contributed by atoms with Gasteiger partial charge in [0.15, 0.2) is 4.96 Å². The Morgan fingerprint density at radius 3 is 2.35 bits per heavy atom. The highest BCUT2D eigenvalue weighted by atomic mass is 32.1. The van der Waals surface area contributed by atoms with Gasteiger partial charge in [-0.15, -0.1) is 11.3 Å². The molecule has 0 unspecified atom stereocenters. The zero-order valence-electron chi connectivity index (χ0n) is 16.4. The third kappa shape index (κ3) is 3.51. The van der Waals surface area contributed by atoms with Crippen molar-refractivity contribution in [1.29, 1.82) is 0 Å². The number of aromatic nitrogens is 2. The van der Waals surface area contributed by atoms with Gasteiger partial charge in [0.05, 0.1) is 29.8 Å². The van der Waals surface area contributed by atoms with Crippen molar-refractivity contribution >= 4 is 34.1 Å². The second kappa shape index (κ2) is 7.81. The maximum absolute atomic E-state index is 12.4. The second-order valence-corrected chi connectivity index (χ2v) is 7.91. The van der Waals surface area contributed by atoms with E-state index < -0.39 is 5.97 Å². The van der Waals surface area contributed by atoms with Crippen molar-refractivity contribution in [2.75, 3.05) is 13.2 Å². The summed E-state index contributed by atoms with van der Waals surface area (Å²) in [5.41, 5.74) is 3.39. The van der Waals surface area contributed by atoms with Crippen molar-refractivity contribution < 1.29 is 19.1 Å². The molecule has 8 heteroatoms. The van der Waals surface area contributed by atoms with Crippen LogP contribution in [0.2, 0.25) is 0 Å². The van der Waals surface area contributed by atoms with Crippen LogP contribution in [0, 0.1) is 0 Å². The summed E-state index contributed by atoms with van der Waals surface area (Å²) in [6.07, 6.45) is 1.98. The molecule has 154 valence electrons. The van der Waals surface area contributed by atoms with Gasteiger partial charge < -0.3 is 4.74 Å². The van der Waals surface area contributed by atoms with E-state index >= 15 is 0 Å². The Labute approximate surface area is 181 Å². The highest BCUT2D eigenvalue weighted by molar-refractivity contribution is 7.15. The molecule has 5 rings (SSSR count). The number of rotatable bonds is 6. The number of benzene rings is 2. The first-order valence-electron chi connectivity index (χ1n) is 9.73. The van der Waals surface area contributed by atoms with Crippen molar-refractivity contribution in [3.8, 4) is 11.3 Å². The number of amides is 2. The van der Waals surface area contributed by atoms with Crippen LogP contribution in [-0.4, -0.2) is 45.2 Å². The van der Waals surface area contributed by atoms with Gasteiger partial charge in [0.1, 0.15) is 6.61 Å². The Balaban J connectivity index is 1.21. The predicted octanol–water partition coefficient (Wildman–Crippen LogP) is 3.44. The molecule has 0 N–H and O–H groups in total. The van der Waals surface area contributed by atoms with Gasteiger partial charge in [0.2, 0.25) is 0 Å². The zero-order valence-corrected chi connectivity index (χ0v) is 17.2. The Morgan fingerprint density at radius 2 is 1.65 bits per heavy atom. The van der Waals surface area contributed by atoms with Gasteiger partial charge in [0, 0.05) is 22.8 Å². The summed E-state index contributed by atoms with van der Waals surface area (Å²) < 4.78 is 7.19. The fourth-order valence-corrected chi connectivity index (χ4v) is 4.47. The van der Waals surface area contributed by atoms with Crippen LogP contribution in [0.15, 0.2) is 66.2 Å². The van der Waals surface area contributed by atoms with E-state index in [9.17, 15) is 14.4 Å². The summed E-state index contributed by atoms with van der Waals surface area (Å²) in [7, 11) is 0. The lowest BCUT2D eigenvalue weighted by Crippen LogP contribution is -2.33. The summed E-state index contributed by atoms with van der Waals surface area (Å²) in [4.78, 5) is 43.6. The maximum Gasteiger partial charge on any atom is 0.311 e. The number of esters is 1. The first-order chi connectivity index (χ1) is 15.1. The number of carbonyl (C=O) groups excluding carboxylic acids is 3. The van der Waals surface area contributed by atoms with E-state index in [1.165, 1.54) is 11.3 Å². The fraction of sp³-hybridized carbons (Fsp3) is 0.130. The van der Waals surface area contributed by atoms with Crippen LogP contribution in [-0.2, 0) is 16.0 Å². The maximum atomic E-state index is 12.4. The Bertz CT molecular complexity index is 1270. The van der Waals surface area contributed by atoms with E-state index in [1.54, 1.807) is 24.3 Å². The van der Waals surface area contributed by atoms with E-state index in [1.807, 2.05) is 46.3 Å². The van der Waals surface area contributed by atoms with Crippen molar-refractivity contribution in [3.63, 3.8) is 0 Å². The molecule has 0 atom stereocenters. The minimum absolute atomic E-state index is 0.0281. The van der Waals surface area contributed by atoms with Gasteiger partial charge >= 0.3 is 5.97 Å². The SMILES string of the molecule is O=C(Cc1csc2nc(-c3ccccc3)cn12)OCCN1C(=O)c2ccccc2C1=O. The van der Waals surface area contributed by atoms with Crippen LogP contribution in [0.3, 0.4) is 0 Å². The van der Waals surface area contributed by atoms with Crippen LogP contribution in [0.4, 0.5) is 0 Å². The molecule has 0 fully saturated rings. The normalized spacial score (nSPS) is 13.1. The Morgan fingerprint density at radius 1 is 0.968 bits per heavy atom. The van der Waals surface area contributed by atoms with Gasteiger partial charge in [-0.2, -0.15) is 0 Å². The minimum atomic E-state index is -0.425. The Kier molecular flexibility index (Phi) is 4.83. The molecule has 0 saturated carbocycles. The van der Waals surface area contributed by atoms with E-state index in [2.05, 4.69) is 4.98 Å². The van der Waals surface area contributed by atoms with E-state index in [-0.39, 0.29) is 31.4 Å². The van der Waals surface area contributed by atoms with Gasteiger partial charge in [-0.05, 0) is 12.1 Å². The molecule has 31 heavy (non-hydrogen) atoms. The lowest BCUT2D eigenvalue weighted by Gasteiger charge is -2.13. The highest BCUT2D eigenvalue weighted by Gasteiger charge is 2.34. The van der Waals surface area contributed by atoms with Gasteiger partial charge in [0.25, 0.3) is 11.8 Å². The summed E-state index contributed by atoms with van der Waals surface area (Å²) in [6, 6.07) is 16.5. The molecule has 1 aliphatic rings. The van der Waals surface area contributed by atoms with Crippen LogP contribution >= 0.6 is 11.3 Å². The predicted molar refractivity (Wildman–Crippen MR) is 115 cm³/mol. The molecule has 0 saturated heterocycles. The molecule has 1 aliphatic heterocycles. The van der Waals surface area contributed by atoms with Crippen LogP contribution in [0.1, 0.15) is 26.4 Å². The number of nitrogens with zero attached hydrogens (tertiary/aromatic N) is 3. The molecule has 0 bridgehead atoms. The molecular weight excluding hydrogens is 414 g/mol. The Hall–Kier alpha value is -3.78. The van der Waals surface area contributed by atoms with Gasteiger partial charge in [-0.1, -0.05) is 42.5 Å². The average Bonchev–Trinajstić information content (AvgIpc) is 3.44. The smallest absolute Gasteiger partial charge is 0.311 e. The third-order valence-electron chi connectivity index (χ3n) is 5.13. The molecule has 7 nitrogen and oxygen atoms in total. The van der Waals surface area contributed by atoms with Crippen molar-refractivity contribution in [1.82, 2.24) is 14.3 Å². The summed E-state index contributed by atoms with van der Waals surface area (Å²) >= 11 is 1.46. The first-order valence-corrected chi connectivity index (χ1v) is 10.6. The summed E-state index contributed by atoms with van der Waals surface area (Å²) in [6.45, 7) is -0.0167. The minimum Gasteiger partial charge on any atom is -0.463 e. The van der Waals surface area contributed by atoms with Crippen molar-refractivity contribution in [3.05, 3.63) is 83.0 Å². The van der Waals surface area contributed by atoms with Crippen LogP contribution in [0.25, 0.3) is 16.2 Å². The van der Waals surface area contributed by atoms with E-state index in [0.717, 1.165) is 26.8 Å². The number of carbonyl (C=O) groups is 3. The monoisotopic (exact) mass is 431 g/mol. The largest absolute Gasteiger partial charge is 0.463 e. The molecule has 4 aromatic rings. The number of thiazole rings is 1. The zero-order chi connectivity index (χ0) is 21.4. The number of hydrogen-bond acceptors (Lipinski definition) is 6. The molecular formula is C23H17N3O4S. The van der Waals surface area contributed by atoms with Crippen molar-refractivity contribution in [2.45, 2.75) is 6.42 Å². The van der Waals surface area contributed by atoms with E-state index in [0.29, 0.717) is 11.1 Å². The first kappa shape index (κ1) is 19.2. The fourth-order valence-electron chi connectivity index (χ4n) is 3.60. The van der Waals surface area contributed by atoms with Gasteiger partial charge in [-0.25, -0.2) is 4.98 Å². The number of hydrogen-bond donors (Lipinski definition) is 0. The summed E-state index contributed by atoms with van der Waals surface area (Å²) in [5.74, 6) is -1.14. The molecule has 0 spiro atoms. The third-order valence-corrected chi connectivity index (χ3v) is 6.02. The second-order valence-electron chi connectivity index (χ2n) is 7.08. The average molecular weight is 431 g/mol. The lowest BCUT2D eigenvalue weighted by molar-refractivity contribution is -0.143. The molecule has 0 radical (unpaired) electrons. The molecule has 3 heterocycles. The number of fused-ring (bicyclic) bond motifs is 2. The topological polar surface area (TPSA) is 81.0 Å². The number of imidazole rings is 1. The van der Waals surface area contributed by atoms with E-state index in [4.69, 9.17) is 4.74 Å².